The van der Waals surface area contributed by atoms with Gasteiger partial charge >= 0.3 is 0 Å². The Hall–Kier alpha value is -0.760. The van der Waals surface area contributed by atoms with Crippen molar-refractivity contribution >= 4 is 0 Å². The third-order valence-electron chi connectivity index (χ3n) is 2.86. The van der Waals surface area contributed by atoms with E-state index in [9.17, 15) is 0 Å². The summed E-state index contributed by atoms with van der Waals surface area (Å²) in [6.45, 7) is 3.44. The van der Waals surface area contributed by atoms with Gasteiger partial charge in [-0.1, -0.05) is 6.92 Å². The van der Waals surface area contributed by atoms with Crippen LogP contribution < -0.4 is 0 Å². The molecule has 12 heavy (non-hydrogen) atoms. The predicted molar refractivity (Wildman–Crippen MR) is 50.2 cm³/mol. The lowest BCUT2D eigenvalue weighted by atomic mass is 9.98. The van der Waals surface area contributed by atoms with Crippen LogP contribution in [0.4, 0.5) is 0 Å². The molecule has 1 atom stereocenters. The minimum absolute atomic E-state index is 0.639. The van der Waals surface area contributed by atoms with Crippen LogP contribution in [0.15, 0.2) is 12.3 Å². The molecule has 1 aliphatic rings. The highest BCUT2D eigenvalue weighted by molar-refractivity contribution is 5.27. The Labute approximate surface area is 73.6 Å². The van der Waals surface area contributed by atoms with Crippen molar-refractivity contribution < 1.29 is 0 Å². The summed E-state index contributed by atoms with van der Waals surface area (Å²) in [5.41, 5.74) is 2.95. The lowest BCUT2D eigenvalue weighted by molar-refractivity contribution is 0.224. The first kappa shape index (κ1) is 7.87. The molecule has 0 saturated carbocycles. The molecule has 0 radical (unpaired) electrons. The maximum Gasteiger partial charge on any atom is 0.0360 e. The molecule has 2 heteroatoms. The number of nitrogens with one attached hydrogen (secondary N) is 1. The van der Waals surface area contributed by atoms with Gasteiger partial charge in [0.25, 0.3) is 0 Å². The number of likely N-dealkylation sites (N-methyl/N-ethyl adjacent to an activating group) is 1. The molecular weight excluding hydrogens is 148 g/mol. The highest BCUT2D eigenvalue weighted by atomic mass is 15.1. The molecule has 2 rings (SSSR count). The summed E-state index contributed by atoms with van der Waals surface area (Å²) in [5, 5.41) is 0. The van der Waals surface area contributed by atoms with E-state index in [1.165, 1.54) is 30.6 Å². The Balaban J connectivity index is 2.34. The van der Waals surface area contributed by atoms with Gasteiger partial charge in [-0.05, 0) is 25.1 Å². The fraction of sp³-hybridized carbons (Fsp3) is 0.600. The van der Waals surface area contributed by atoms with E-state index >= 15 is 0 Å². The molecule has 0 bridgehead atoms. The van der Waals surface area contributed by atoms with Crippen molar-refractivity contribution in [1.82, 2.24) is 9.88 Å². The molecule has 2 nitrogen and oxygen atoms in total. The minimum atomic E-state index is 0.639. The smallest absolute Gasteiger partial charge is 0.0360 e. The van der Waals surface area contributed by atoms with E-state index in [1.54, 1.807) is 0 Å². The quantitative estimate of drug-likeness (QED) is 0.672. The van der Waals surface area contributed by atoms with Gasteiger partial charge in [0, 0.05) is 30.9 Å². The normalized spacial score (nSPS) is 24.0. The van der Waals surface area contributed by atoms with Crippen LogP contribution in [-0.2, 0) is 6.42 Å². The van der Waals surface area contributed by atoms with Gasteiger partial charge in [-0.25, -0.2) is 0 Å². The van der Waals surface area contributed by atoms with Crippen LogP contribution in [0.3, 0.4) is 0 Å². The largest absolute Gasteiger partial charge is 0.365 e. The zero-order valence-electron chi connectivity index (χ0n) is 7.80. The molecule has 0 aromatic carbocycles. The number of hydrogen-bond donors (Lipinski definition) is 1. The summed E-state index contributed by atoms with van der Waals surface area (Å²) in [5.74, 6) is 0. The van der Waals surface area contributed by atoms with Gasteiger partial charge in [0.1, 0.15) is 0 Å². The Morgan fingerprint density at radius 1 is 1.67 bits per heavy atom. The number of rotatable bonds is 1. The third kappa shape index (κ3) is 1.07. The van der Waals surface area contributed by atoms with E-state index in [0.29, 0.717) is 6.04 Å². The van der Waals surface area contributed by atoms with E-state index in [2.05, 4.69) is 36.1 Å². The Morgan fingerprint density at radius 3 is 3.25 bits per heavy atom. The standard InChI is InChI=1S/C10H16N2/c1-3-10-8-4-6-11-9(8)5-7-12(10)2/h4,6,10-11H,3,5,7H2,1-2H3. The molecular formula is C10H16N2. The van der Waals surface area contributed by atoms with Gasteiger partial charge < -0.3 is 4.98 Å². The van der Waals surface area contributed by atoms with Crippen LogP contribution in [0.25, 0.3) is 0 Å². The first-order chi connectivity index (χ1) is 5.83. The van der Waals surface area contributed by atoms with E-state index in [0.717, 1.165) is 0 Å². The van der Waals surface area contributed by atoms with Crippen LogP contribution >= 0.6 is 0 Å². The predicted octanol–water partition coefficient (Wildman–Crippen LogP) is 1.95. The maximum atomic E-state index is 3.32. The number of fused-ring (bicyclic) bond motifs is 1. The zero-order valence-corrected chi connectivity index (χ0v) is 7.80. The highest BCUT2D eigenvalue weighted by Gasteiger charge is 2.23. The molecule has 0 aliphatic carbocycles. The van der Waals surface area contributed by atoms with Crippen LogP contribution in [0.1, 0.15) is 30.6 Å². The van der Waals surface area contributed by atoms with Crippen LogP contribution in [0.5, 0.6) is 0 Å². The van der Waals surface area contributed by atoms with Crippen molar-refractivity contribution in [3.8, 4) is 0 Å². The van der Waals surface area contributed by atoms with E-state index in [-0.39, 0.29) is 0 Å². The fourth-order valence-electron chi connectivity index (χ4n) is 2.16. The molecule has 1 aromatic heterocycles. The zero-order chi connectivity index (χ0) is 8.55. The molecule has 0 spiro atoms. The number of nitrogens with zero attached hydrogens (tertiary/aromatic N) is 1. The molecule has 1 N–H and O–H groups in total. The molecule has 1 unspecified atom stereocenters. The van der Waals surface area contributed by atoms with Gasteiger partial charge in [-0.15, -0.1) is 0 Å². The molecule has 66 valence electrons. The molecule has 0 saturated heterocycles. The highest BCUT2D eigenvalue weighted by Crippen LogP contribution is 2.29. The molecule has 1 aliphatic heterocycles. The average Bonchev–Trinajstić information content (AvgIpc) is 2.52. The van der Waals surface area contributed by atoms with Crippen LogP contribution in [-0.4, -0.2) is 23.5 Å². The Bertz CT molecular complexity index is 265. The average molecular weight is 164 g/mol. The summed E-state index contributed by atoms with van der Waals surface area (Å²) in [6.07, 6.45) is 4.45. The second-order valence-electron chi connectivity index (χ2n) is 3.57. The van der Waals surface area contributed by atoms with Crippen molar-refractivity contribution in [3.63, 3.8) is 0 Å². The van der Waals surface area contributed by atoms with Gasteiger partial charge in [-0.2, -0.15) is 0 Å². The SMILES string of the molecule is CCC1c2cc[nH]c2CCN1C. The number of H-pyrrole nitrogens is 1. The van der Waals surface area contributed by atoms with Gasteiger partial charge in [-0.3, -0.25) is 4.90 Å². The van der Waals surface area contributed by atoms with Gasteiger partial charge in [0.2, 0.25) is 0 Å². The molecule has 0 amide bonds. The monoisotopic (exact) mass is 164 g/mol. The molecule has 2 heterocycles. The van der Waals surface area contributed by atoms with Gasteiger partial charge in [0.15, 0.2) is 0 Å². The number of aromatic amines is 1. The summed E-state index contributed by atoms with van der Waals surface area (Å²) < 4.78 is 0. The first-order valence-electron chi connectivity index (χ1n) is 4.69. The number of aromatic nitrogens is 1. The topological polar surface area (TPSA) is 19.0 Å². The lowest BCUT2D eigenvalue weighted by Gasteiger charge is -2.31. The maximum absolute atomic E-state index is 3.32. The second kappa shape index (κ2) is 2.94. The van der Waals surface area contributed by atoms with Crippen LogP contribution in [0, 0.1) is 0 Å². The van der Waals surface area contributed by atoms with Crippen molar-refractivity contribution in [3.05, 3.63) is 23.5 Å². The molecule has 0 fully saturated rings. The second-order valence-corrected chi connectivity index (χ2v) is 3.57. The fourth-order valence-corrected chi connectivity index (χ4v) is 2.16. The van der Waals surface area contributed by atoms with Crippen molar-refractivity contribution in [2.24, 2.45) is 0 Å². The summed E-state index contributed by atoms with van der Waals surface area (Å²) in [4.78, 5) is 5.76. The van der Waals surface area contributed by atoms with Crippen molar-refractivity contribution in [2.75, 3.05) is 13.6 Å². The van der Waals surface area contributed by atoms with Gasteiger partial charge in [0.05, 0.1) is 0 Å². The van der Waals surface area contributed by atoms with E-state index in [4.69, 9.17) is 0 Å². The summed E-state index contributed by atoms with van der Waals surface area (Å²) in [7, 11) is 2.21. The summed E-state index contributed by atoms with van der Waals surface area (Å²) >= 11 is 0. The summed E-state index contributed by atoms with van der Waals surface area (Å²) in [6, 6.07) is 2.86. The van der Waals surface area contributed by atoms with E-state index in [1.807, 2.05) is 0 Å². The number of hydrogen-bond acceptors (Lipinski definition) is 1. The minimum Gasteiger partial charge on any atom is -0.365 e. The first-order valence-corrected chi connectivity index (χ1v) is 4.69. The van der Waals surface area contributed by atoms with E-state index < -0.39 is 0 Å². The van der Waals surface area contributed by atoms with Crippen molar-refractivity contribution in [1.29, 1.82) is 0 Å². The Kier molecular flexibility index (Phi) is 1.93. The lowest BCUT2D eigenvalue weighted by Crippen LogP contribution is -2.31. The third-order valence-corrected chi connectivity index (χ3v) is 2.86. The molecule has 1 aromatic rings. The Morgan fingerprint density at radius 2 is 2.50 bits per heavy atom. The van der Waals surface area contributed by atoms with Crippen LogP contribution in [0.2, 0.25) is 0 Å². The van der Waals surface area contributed by atoms with Crippen molar-refractivity contribution in [2.45, 2.75) is 25.8 Å².